The summed E-state index contributed by atoms with van der Waals surface area (Å²) in [6, 6.07) is -2.58. The molecule has 0 aromatic heterocycles. The summed E-state index contributed by atoms with van der Waals surface area (Å²) in [5, 5.41) is 13.2. The molecule has 1 rings (SSSR count). The number of carbonyl (C=O) groups is 4. The highest BCUT2D eigenvalue weighted by atomic mass is 16.4. The zero-order valence-corrected chi connectivity index (χ0v) is 10.1. The van der Waals surface area contributed by atoms with Crippen LogP contribution in [0.15, 0.2) is 0 Å². The Hall–Kier alpha value is -2.12. The zero-order chi connectivity index (χ0) is 13.9. The SMILES string of the molecule is CC[C@H](NC(=O)N1CC(=O)NC(=O)C1C)C(=O)O. The van der Waals surface area contributed by atoms with E-state index in [1.165, 1.54) is 6.92 Å². The Balaban J connectivity index is 2.73. The zero-order valence-electron chi connectivity index (χ0n) is 10.1. The number of carbonyl (C=O) groups excluding carboxylic acids is 3. The Morgan fingerprint density at radius 1 is 1.56 bits per heavy atom. The molecule has 1 fully saturated rings. The van der Waals surface area contributed by atoms with Crippen LogP contribution in [-0.4, -0.2) is 52.4 Å². The fourth-order valence-corrected chi connectivity index (χ4v) is 1.53. The molecule has 8 nitrogen and oxygen atoms in total. The monoisotopic (exact) mass is 257 g/mol. The van der Waals surface area contributed by atoms with Crippen LogP contribution < -0.4 is 10.6 Å². The number of nitrogens with one attached hydrogen (secondary N) is 2. The molecule has 2 atom stereocenters. The molecule has 1 saturated heterocycles. The number of hydrogen-bond donors (Lipinski definition) is 3. The van der Waals surface area contributed by atoms with Crippen LogP contribution in [-0.2, 0) is 14.4 Å². The summed E-state index contributed by atoms with van der Waals surface area (Å²) in [5.41, 5.74) is 0. The lowest BCUT2D eigenvalue weighted by atomic mass is 10.2. The molecule has 18 heavy (non-hydrogen) atoms. The molecule has 4 amide bonds. The van der Waals surface area contributed by atoms with Gasteiger partial charge in [-0.15, -0.1) is 0 Å². The number of urea groups is 1. The molecule has 0 saturated carbocycles. The standard InChI is InChI=1S/C10H15N3O5/c1-3-6(9(16)17)11-10(18)13-4-7(14)12-8(15)5(13)2/h5-6H,3-4H2,1-2H3,(H,11,18)(H,16,17)(H,12,14,15)/t5?,6-/m0/s1. The van der Waals surface area contributed by atoms with Crippen LogP contribution in [0.5, 0.6) is 0 Å². The van der Waals surface area contributed by atoms with Crippen LogP contribution in [0.4, 0.5) is 4.79 Å². The summed E-state index contributed by atoms with van der Waals surface area (Å²) in [7, 11) is 0. The molecule has 1 heterocycles. The van der Waals surface area contributed by atoms with Crippen molar-refractivity contribution >= 4 is 23.8 Å². The van der Waals surface area contributed by atoms with Crippen LogP contribution in [0.2, 0.25) is 0 Å². The van der Waals surface area contributed by atoms with E-state index in [0.717, 1.165) is 4.90 Å². The molecule has 8 heteroatoms. The first-order valence-electron chi connectivity index (χ1n) is 5.50. The van der Waals surface area contributed by atoms with Crippen molar-refractivity contribution in [3.63, 3.8) is 0 Å². The fourth-order valence-electron chi connectivity index (χ4n) is 1.53. The van der Waals surface area contributed by atoms with Crippen LogP contribution in [0.25, 0.3) is 0 Å². The number of carboxylic acids is 1. The summed E-state index contributed by atoms with van der Waals surface area (Å²) in [6.45, 7) is 2.80. The molecule has 0 spiro atoms. The third kappa shape index (κ3) is 2.96. The van der Waals surface area contributed by atoms with Gasteiger partial charge in [-0.05, 0) is 13.3 Å². The van der Waals surface area contributed by atoms with Crippen LogP contribution in [0.1, 0.15) is 20.3 Å². The summed E-state index contributed by atoms with van der Waals surface area (Å²) in [6.07, 6.45) is 0.212. The highest BCUT2D eigenvalue weighted by Gasteiger charge is 2.34. The van der Waals surface area contributed by atoms with Gasteiger partial charge < -0.3 is 15.3 Å². The van der Waals surface area contributed by atoms with Crippen molar-refractivity contribution in [1.29, 1.82) is 0 Å². The third-order valence-corrected chi connectivity index (χ3v) is 2.69. The third-order valence-electron chi connectivity index (χ3n) is 2.69. The first-order valence-corrected chi connectivity index (χ1v) is 5.50. The fraction of sp³-hybridized carbons (Fsp3) is 0.600. The van der Waals surface area contributed by atoms with E-state index in [0.29, 0.717) is 0 Å². The van der Waals surface area contributed by atoms with Gasteiger partial charge in [-0.2, -0.15) is 0 Å². The number of imide groups is 1. The second-order valence-corrected chi connectivity index (χ2v) is 3.96. The number of carboxylic acid groups (broad SMARTS) is 1. The normalized spacial score (nSPS) is 21.2. The van der Waals surface area contributed by atoms with E-state index in [1.807, 2.05) is 0 Å². The summed E-state index contributed by atoms with van der Waals surface area (Å²) in [4.78, 5) is 46.1. The van der Waals surface area contributed by atoms with Gasteiger partial charge in [0.2, 0.25) is 11.8 Å². The molecule has 1 aliphatic rings. The van der Waals surface area contributed by atoms with E-state index in [9.17, 15) is 19.2 Å². The van der Waals surface area contributed by atoms with Gasteiger partial charge in [-0.1, -0.05) is 6.92 Å². The van der Waals surface area contributed by atoms with Crippen LogP contribution >= 0.6 is 0 Å². The quantitative estimate of drug-likeness (QED) is 0.555. The van der Waals surface area contributed by atoms with Crippen molar-refractivity contribution in [2.45, 2.75) is 32.4 Å². The largest absolute Gasteiger partial charge is 0.480 e. The summed E-state index contributed by atoms with van der Waals surface area (Å²) < 4.78 is 0. The Morgan fingerprint density at radius 3 is 2.67 bits per heavy atom. The van der Waals surface area contributed by atoms with E-state index < -0.39 is 35.9 Å². The predicted molar refractivity (Wildman–Crippen MR) is 59.6 cm³/mol. The van der Waals surface area contributed by atoms with Crippen molar-refractivity contribution < 1.29 is 24.3 Å². The Kier molecular flexibility index (Phi) is 4.24. The van der Waals surface area contributed by atoms with Crippen LogP contribution in [0, 0.1) is 0 Å². The molecule has 0 radical (unpaired) electrons. The van der Waals surface area contributed by atoms with Gasteiger partial charge in [-0.3, -0.25) is 14.9 Å². The van der Waals surface area contributed by atoms with E-state index in [1.54, 1.807) is 6.92 Å². The van der Waals surface area contributed by atoms with E-state index in [-0.39, 0.29) is 13.0 Å². The molecule has 0 aliphatic carbocycles. The van der Waals surface area contributed by atoms with Gasteiger partial charge in [0.05, 0.1) is 0 Å². The van der Waals surface area contributed by atoms with Gasteiger partial charge in [0.25, 0.3) is 0 Å². The molecular formula is C10H15N3O5. The van der Waals surface area contributed by atoms with Gasteiger partial charge >= 0.3 is 12.0 Å². The Labute approximate surface area is 103 Å². The summed E-state index contributed by atoms with van der Waals surface area (Å²) >= 11 is 0. The Bertz CT molecular complexity index is 395. The minimum Gasteiger partial charge on any atom is -0.480 e. The number of hydrogen-bond acceptors (Lipinski definition) is 4. The second-order valence-electron chi connectivity index (χ2n) is 3.96. The lowest BCUT2D eigenvalue weighted by molar-refractivity contribution is -0.139. The van der Waals surface area contributed by atoms with Crippen molar-refractivity contribution in [1.82, 2.24) is 15.5 Å². The predicted octanol–water partition coefficient (Wildman–Crippen LogP) is -1.09. The van der Waals surface area contributed by atoms with Crippen molar-refractivity contribution in [3.05, 3.63) is 0 Å². The number of nitrogens with zero attached hydrogens (tertiary/aromatic N) is 1. The highest BCUT2D eigenvalue weighted by Crippen LogP contribution is 2.06. The lowest BCUT2D eigenvalue weighted by Crippen LogP contribution is -2.61. The first kappa shape index (κ1) is 13.9. The topological polar surface area (TPSA) is 116 Å². The number of amides is 4. The highest BCUT2D eigenvalue weighted by molar-refractivity contribution is 6.04. The number of rotatable bonds is 3. The van der Waals surface area contributed by atoms with Crippen LogP contribution in [0.3, 0.4) is 0 Å². The van der Waals surface area contributed by atoms with Gasteiger partial charge in [-0.25, -0.2) is 9.59 Å². The first-order chi connectivity index (χ1) is 8.36. The molecule has 1 aliphatic heterocycles. The Morgan fingerprint density at radius 2 is 2.17 bits per heavy atom. The number of piperazine rings is 1. The molecule has 0 aromatic carbocycles. The molecule has 3 N–H and O–H groups in total. The maximum absolute atomic E-state index is 11.8. The van der Waals surface area contributed by atoms with Gasteiger partial charge in [0, 0.05) is 0 Å². The average molecular weight is 257 g/mol. The molecular weight excluding hydrogens is 242 g/mol. The average Bonchev–Trinajstić information content (AvgIpc) is 2.29. The minimum absolute atomic E-state index is 0.212. The van der Waals surface area contributed by atoms with E-state index >= 15 is 0 Å². The molecule has 0 bridgehead atoms. The van der Waals surface area contributed by atoms with Gasteiger partial charge in [0.1, 0.15) is 18.6 Å². The minimum atomic E-state index is -1.16. The maximum Gasteiger partial charge on any atom is 0.326 e. The number of aliphatic carboxylic acids is 1. The molecule has 100 valence electrons. The van der Waals surface area contributed by atoms with Gasteiger partial charge in [0.15, 0.2) is 0 Å². The summed E-state index contributed by atoms with van der Waals surface area (Å²) in [5.74, 6) is -2.33. The second kappa shape index (κ2) is 5.48. The van der Waals surface area contributed by atoms with Crippen molar-refractivity contribution in [2.75, 3.05) is 6.54 Å². The van der Waals surface area contributed by atoms with E-state index in [4.69, 9.17) is 5.11 Å². The molecule has 1 unspecified atom stereocenters. The van der Waals surface area contributed by atoms with E-state index in [2.05, 4.69) is 10.6 Å². The maximum atomic E-state index is 11.8. The van der Waals surface area contributed by atoms with Crippen molar-refractivity contribution in [2.24, 2.45) is 0 Å². The smallest absolute Gasteiger partial charge is 0.326 e. The van der Waals surface area contributed by atoms with Crippen molar-refractivity contribution in [3.8, 4) is 0 Å². The lowest BCUT2D eigenvalue weighted by Gasteiger charge is -2.32. The molecule has 0 aromatic rings.